The van der Waals surface area contributed by atoms with Crippen LogP contribution in [0.1, 0.15) is 11.1 Å². The van der Waals surface area contributed by atoms with Crippen LogP contribution < -0.4 is 10.1 Å². The molecule has 4 rings (SSSR count). The SMILES string of the molecule is c1ccc(CCOc2ccc(NCc3ccc(-c4ccccc4)cc3)cc2)cc1. The van der Waals surface area contributed by atoms with Crippen LogP contribution in [0, 0.1) is 0 Å². The van der Waals surface area contributed by atoms with Gasteiger partial charge in [-0.25, -0.2) is 0 Å². The number of nitrogens with one attached hydrogen (secondary N) is 1. The molecule has 2 heteroatoms. The van der Waals surface area contributed by atoms with Crippen molar-refractivity contribution in [2.45, 2.75) is 13.0 Å². The van der Waals surface area contributed by atoms with Crippen molar-refractivity contribution in [2.75, 3.05) is 11.9 Å². The molecule has 0 heterocycles. The van der Waals surface area contributed by atoms with Crippen molar-refractivity contribution in [3.05, 3.63) is 120 Å². The molecule has 0 bridgehead atoms. The molecule has 29 heavy (non-hydrogen) atoms. The maximum atomic E-state index is 5.86. The molecule has 0 saturated heterocycles. The Kier molecular flexibility index (Phi) is 6.24. The van der Waals surface area contributed by atoms with Gasteiger partial charge in [-0.15, -0.1) is 0 Å². The van der Waals surface area contributed by atoms with E-state index in [1.807, 2.05) is 24.3 Å². The highest BCUT2D eigenvalue weighted by molar-refractivity contribution is 5.63. The molecule has 2 nitrogen and oxygen atoms in total. The molecular weight excluding hydrogens is 354 g/mol. The Labute approximate surface area is 172 Å². The van der Waals surface area contributed by atoms with E-state index >= 15 is 0 Å². The quantitative estimate of drug-likeness (QED) is 0.373. The monoisotopic (exact) mass is 379 g/mol. The lowest BCUT2D eigenvalue weighted by molar-refractivity contribution is 0.322. The Morgan fingerprint density at radius 2 is 1.17 bits per heavy atom. The van der Waals surface area contributed by atoms with Crippen LogP contribution in [0.2, 0.25) is 0 Å². The van der Waals surface area contributed by atoms with E-state index in [0.29, 0.717) is 6.61 Å². The highest BCUT2D eigenvalue weighted by Gasteiger charge is 2.00. The van der Waals surface area contributed by atoms with E-state index in [1.54, 1.807) is 0 Å². The molecule has 4 aromatic rings. The highest BCUT2D eigenvalue weighted by Crippen LogP contribution is 2.20. The fraction of sp³-hybridized carbons (Fsp3) is 0.111. The minimum atomic E-state index is 0.685. The molecule has 4 aromatic carbocycles. The predicted molar refractivity (Wildman–Crippen MR) is 121 cm³/mol. The molecule has 0 saturated carbocycles. The first-order chi connectivity index (χ1) is 14.4. The summed E-state index contributed by atoms with van der Waals surface area (Å²) in [6.45, 7) is 1.48. The van der Waals surface area contributed by atoms with Gasteiger partial charge in [0.25, 0.3) is 0 Å². The third kappa shape index (κ3) is 5.49. The van der Waals surface area contributed by atoms with Crippen LogP contribution in [0.15, 0.2) is 109 Å². The summed E-state index contributed by atoms with van der Waals surface area (Å²) >= 11 is 0. The minimum absolute atomic E-state index is 0.685. The average Bonchev–Trinajstić information content (AvgIpc) is 2.80. The van der Waals surface area contributed by atoms with Gasteiger partial charge in [0.15, 0.2) is 0 Å². The van der Waals surface area contributed by atoms with Crippen molar-refractivity contribution < 1.29 is 4.74 Å². The van der Waals surface area contributed by atoms with Crippen molar-refractivity contribution >= 4 is 5.69 Å². The summed E-state index contributed by atoms with van der Waals surface area (Å²) in [7, 11) is 0. The van der Waals surface area contributed by atoms with E-state index in [0.717, 1.165) is 24.4 Å². The Hall–Kier alpha value is -3.52. The van der Waals surface area contributed by atoms with Crippen molar-refractivity contribution in [3.63, 3.8) is 0 Å². The Bertz CT molecular complexity index is 994. The van der Waals surface area contributed by atoms with Crippen LogP contribution in [0.3, 0.4) is 0 Å². The number of rotatable bonds is 8. The number of hydrogen-bond donors (Lipinski definition) is 1. The van der Waals surface area contributed by atoms with E-state index in [2.05, 4.69) is 90.2 Å². The van der Waals surface area contributed by atoms with Crippen LogP contribution in [-0.2, 0) is 13.0 Å². The molecule has 0 spiro atoms. The summed E-state index contributed by atoms with van der Waals surface area (Å²) in [6, 6.07) is 37.7. The summed E-state index contributed by atoms with van der Waals surface area (Å²) < 4.78 is 5.86. The fourth-order valence-corrected chi connectivity index (χ4v) is 3.25. The van der Waals surface area contributed by atoms with E-state index in [1.165, 1.54) is 22.3 Å². The minimum Gasteiger partial charge on any atom is -0.493 e. The second-order valence-electron chi connectivity index (χ2n) is 7.02. The van der Waals surface area contributed by atoms with E-state index in [-0.39, 0.29) is 0 Å². The third-order valence-electron chi connectivity index (χ3n) is 4.91. The lowest BCUT2D eigenvalue weighted by Crippen LogP contribution is -2.02. The van der Waals surface area contributed by atoms with Crippen molar-refractivity contribution in [1.29, 1.82) is 0 Å². The lowest BCUT2D eigenvalue weighted by Gasteiger charge is -2.10. The Balaban J connectivity index is 1.26. The average molecular weight is 380 g/mol. The smallest absolute Gasteiger partial charge is 0.119 e. The second-order valence-corrected chi connectivity index (χ2v) is 7.02. The molecule has 0 aliphatic rings. The summed E-state index contributed by atoms with van der Waals surface area (Å²) in [5, 5.41) is 3.47. The molecule has 0 radical (unpaired) electrons. The van der Waals surface area contributed by atoms with Crippen LogP contribution in [0.25, 0.3) is 11.1 Å². The van der Waals surface area contributed by atoms with Crippen LogP contribution in [-0.4, -0.2) is 6.61 Å². The Morgan fingerprint density at radius 3 is 1.86 bits per heavy atom. The van der Waals surface area contributed by atoms with Gasteiger partial charge in [-0.05, 0) is 46.5 Å². The molecule has 0 aliphatic heterocycles. The first-order valence-electron chi connectivity index (χ1n) is 10.0. The fourth-order valence-electron chi connectivity index (χ4n) is 3.25. The lowest BCUT2D eigenvalue weighted by atomic mass is 10.0. The highest BCUT2D eigenvalue weighted by atomic mass is 16.5. The summed E-state index contributed by atoms with van der Waals surface area (Å²) in [4.78, 5) is 0. The summed E-state index contributed by atoms with van der Waals surface area (Å²) in [6.07, 6.45) is 0.916. The van der Waals surface area contributed by atoms with Gasteiger partial charge in [0, 0.05) is 18.7 Å². The molecule has 0 unspecified atom stereocenters. The van der Waals surface area contributed by atoms with Crippen LogP contribution >= 0.6 is 0 Å². The van der Waals surface area contributed by atoms with Gasteiger partial charge >= 0.3 is 0 Å². The van der Waals surface area contributed by atoms with Gasteiger partial charge in [-0.2, -0.15) is 0 Å². The van der Waals surface area contributed by atoms with Gasteiger partial charge in [0.2, 0.25) is 0 Å². The van der Waals surface area contributed by atoms with Gasteiger partial charge in [-0.1, -0.05) is 84.9 Å². The van der Waals surface area contributed by atoms with E-state index in [9.17, 15) is 0 Å². The summed E-state index contributed by atoms with van der Waals surface area (Å²) in [5.74, 6) is 0.902. The van der Waals surface area contributed by atoms with Crippen molar-refractivity contribution in [1.82, 2.24) is 0 Å². The zero-order valence-corrected chi connectivity index (χ0v) is 16.4. The summed E-state index contributed by atoms with van der Waals surface area (Å²) in [5.41, 5.74) is 6.13. The molecule has 0 aliphatic carbocycles. The number of benzene rings is 4. The maximum absolute atomic E-state index is 5.86. The topological polar surface area (TPSA) is 21.3 Å². The second kappa shape index (κ2) is 9.61. The molecule has 144 valence electrons. The Morgan fingerprint density at radius 1 is 0.552 bits per heavy atom. The largest absolute Gasteiger partial charge is 0.493 e. The molecule has 0 amide bonds. The number of anilines is 1. The molecule has 0 fully saturated rings. The van der Waals surface area contributed by atoms with Gasteiger partial charge < -0.3 is 10.1 Å². The normalized spacial score (nSPS) is 10.5. The zero-order valence-electron chi connectivity index (χ0n) is 16.4. The van der Waals surface area contributed by atoms with Gasteiger partial charge in [0.05, 0.1) is 6.61 Å². The number of hydrogen-bond acceptors (Lipinski definition) is 2. The maximum Gasteiger partial charge on any atom is 0.119 e. The third-order valence-corrected chi connectivity index (χ3v) is 4.91. The van der Waals surface area contributed by atoms with Crippen molar-refractivity contribution in [2.24, 2.45) is 0 Å². The molecule has 0 aromatic heterocycles. The molecular formula is C27H25NO. The van der Waals surface area contributed by atoms with E-state index < -0.39 is 0 Å². The van der Waals surface area contributed by atoms with Crippen LogP contribution in [0.4, 0.5) is 5.69 Å². The number of ether oxygens (including phenoxy) is 1. The van der Waals surface area contributed by atoms with Gasteiger partial charge in [-0.3, -0.25) is 0 Å². The molecule has 1 N–H and O–H groups in total. The first kappa shape index (κ1) is 18.8. The standard InChI is InChI=1S/C27H25NO/c1-3-7-22(8-4-1)19-20-29-27-17-15-26(16-18-27)28-21-23-11-13-25(14-12-23)24-9-5-2-6-10-24/h1-18,28H,19-21H2. The van der Waals surface area contributed by atoms with Crippen molar-refractivity contribution in [3.8, 4) is 16.9 Å². The zero-order chi connectivity index (χ0) is 19.7. The van der Waals surface area contributed by atoms with E-state index in [4.69, 9.17) is 4.74 Å². The van der Waals surface area contributed by atoms with Gasteiger partial charge in [0.1, 0.15) is 5.75 Å². The van der Waals surface area contributed by atoms with Crippen LogP contribution in [0.5, 0.6) is 5.75 Å². The predicted octanol–water partition coefficient (Wildman–Crippen LogP) is 6.59. The molecule has 0 atom stereocenters. The first-order valence-corrected chi connectivity index (χ1v) is 10.0.